The number of benzene rings is 1. The van der Waals surface area contributed by atoms with E-state index in [0.717, 1.165) is 5.56 Å². The van der Waals surface area contributed by atoms with Crippen molar-refractivity contribution in [3.8, 4) is 0 Å². The molecule has 1 fully saturated rings. The SMILES string of the molecule is CC(C)(C)c1ccc(CCC(=O)NC2(CC(N)=O)COC2)cc1. The third kappa shape index (κ3) is 4.79. The van der Waals surface area contributed by atoms with Gasteiger partial charge < -0.3 is 15.8 Å². The maximum absolute atomic E-state index is 12.1. The van der Waals surface area contributed by atoms with Crippen LogP contribution in [0, 0.1) is 0 Å². The molecule has 1 aromatic carbocycles. The molecule has 23 heavy (non-hydrogen) atoms. The summed E-state index contributed by atoms with van der Waals surface area (Å²) in [4.78, 5) is 23.2. The van der Waals surface area contributed by atoms with Gasteiger partial charge >= 0.3 is 0 Å². The lowest BCUT2D eigenvalue weighted by Gasteiger charge is -2.41. The average molecular weight is 318 g/mol. The van der Waals surface area contributed by atoms with Crippen LogP contribution in [0.15, 0.2) is 24.3 Å². The van der Waals surface area contributed by atoms with Gasteiger partial charge in [-0.3, -0.25) is 9.59 Å². The minimum absolute atomic E-state index is 0.0746. The van der Waals surface area contributed by atoms with Crippen molar-refractivity contribution in [3.05, 3.63) is 35.4 Å². The van der Waals surface area contributed by atoms with Crippen LogP contribution >= 0.6 is 0 Å². The number of hydrogen-bond acceptors (Lipinski definition) is 3. The molecule has 1 saturated heterocycles. The highest BCUT2D eigenvalue weighted by Gasteiger charge is 2.41. The van der Waals surface area contributed by atoms with E-state index in [9.17, 15) is 9.59 Å². The maximum atomic E-state index is 12.1. The summed E-state index contributed by atoms with van der Waals surface area (Å²) in [6, 6.07) is 8.36. The predicted octanol–water partition coefficient (Wildman–Crippen LogP) is 1.68. The fraction of sp³-hybridized carbons (Fsp3) is 0.556. The standard InChI is InChI=1S/C18H26N2O3/c1-17(2,3)14-7-4-13(5-8-14)6-9-16(22)20-18(10-15(19)21)11-23-12-18/h4-5,7-8H,6,9-12H2,1-3H3,(H2,19,21)(H,20,22). The molecule has 5 nitrogen and oxygen atoms in total. The summed E-state index contributed by atoms with van der Waals surface area (Å²) in [5, 5.41) is 2.90. The van der Waals surface area contributed by atoms with Crippen molar-refractivity contribution in [2.75, 3.05) is 13.2 Å². The van der Waals surface area contributed by atoms with E-state index in [-0.39, 0.29) is 17.7 Å². The van der Waals surface area contributed by atoms with Gasteiger partial charge in [-0.25, -0.2) is 0 Å². The van der Waals surface area contributed by atoms with Gasteiger partial charge in [0.05, 0.1) is 25.2 Å². The van der Waals surface area contributed by atoms with Crippen molar-refractivity contribution in [3.63, 3.8) is 0 Å². The summed E-state index contributed by atoms with van der Waals surface area (Å²) in [5.41, 5.74) is 7.16. The van der Waals surface area contributed by atoms with Crippen molar-refractivity contribution in [1.29, 1.82) is 0 Å². The number of primary amides is 1. The summed E-state index contributed by atoms with van der Waals surface area (Å²) in [5.74, 6) is -0.499. The Morgan fingerprint density at radius 1 is 1.22 bits per heavy atom. The maximum Gasteiger partial charge on any atom is 0.220 e. The van der Waals surface area contributed by atoms with Crippen LogP contribution in [0.2, 0.25) is 0 Å². The molecule has 3 N–H and O–H groups in total. The molecule has 2 amide bonds. The second-order valence-corrected chi connectivity index (χ2v) is 7.41. The Bertz CT molecular complexity index is 569. The third-order valence-electron chi connectivity index (χ3n) is 4.13. The molecular weight excluding hydrogens is 292 g/mol. The fourth-order valence-corrected chi connectivity index (χ4v) is 2.69. The first-order chi connectivity index (χ1) is 10.7. The molecule has 1 aromatic rings. The molecule has 0 aromatic heterocycles. The van der Waals surface area contributed by atoms with Crippen LogP contribution in [0.1, 0.15) is 44.7 Å². The zero-order chi connectivity index (χ0) is 17.1. The molecule has 0 aliphatic carbocycles. The molecule has 2 rings (SSSR count). The fourth-order valence-electron chi connectivity index (χ4n) is 2.69. The minimum atomic E-state index is -0.598. The topological polar surface area (TPSA) is 81.4 Å². The number of hydrogen-bond donors (Lipinski definition) is 2. The van der Waals surface area contributed by atoms with Crippen LogP contribution in [-0.2, 0) is 26.2 Å². The van der Waals surface area contributed by atoms with Crippen molar-refractivity contribution < 1.29 is 14.3 Å². The molecule has 0 saturated carbocycles. The highest BCUT2D eigenvalue weighted by atomic mass is 16.5. The summed E-state index contributed by atoms with van der Waals surface area (Å²) < 4.78 is 5.13. The molecule has 0 atom stereocenters. The first kappa shape index (κ1) is 17.5. The van der Waals surface area contributed by atoms with Crippen molar-refractivity contribution in [1.82, 2.24) is 5.32 Å². The lowest BCUT2D eigenvalue weighted by atomic mass is 9.86. The van der Waals surface area contributed by atoms with E-state index in [0.29, 0.717) is 26.1 Å². The zero-order valence-electron chi connectivity index (χ0n) is 14.1. The Balaban J connectivity index is 1.86. The smallest absolute Gasteiger partial charge is 0.220 e. The number of amides is 2. The Morgan fingerprint density at radius 3 is 2.26 bits per heavy atom. The number of rotatable bonds is 6. The molecule has 0 radical (unpaired) electrons. The first-order valence-corrected chi connectivity index (χ1v) is 7.97. The molecule has 0 bridgehead atoms. The number of carbonyl (C=O) groups is 2. The highest BCUT2D eigenvalue weighted by Crippen LogP contribution is 2.23. The number of nitrogens with one attached hydrogen (secondary N) is 1. The van der Waals surface area contributed by atoms with Crippen molar-refractivity contribution in [2.24, 2.45) is 5.73 Å². The Kier molecular flexibility index (Phi) is 5.09. The van der Waals surface area contributed by atoms with Gasteiger partial charge in [-0.2, -0.15) is 0 Å². The zero-order valence-corrected chi connectivity index (χ0v) is 14.1. The predicted molar refractivity (Wildman–Crippen MR) is 89.0 cm³/mol. The number of nitrogens with two attached hydrogens (primary N) is 1. The number of aryl methyl sites for hydroxylation is 1. The number of ether oxygens (including phenoxy) is 1. The van der Waals surface area contributed by atoms with Crippen LogP contribution < -0.4 is 11.1 Å². The molecule has 5 heteroatoms. The van der Waals surface area contributed by atoms with Crippen LogP contribution in [-0.4, -0.2) is 30.6 Å². The minimum Gasteiger partial charge on any atom is -0.376 e. The summed E-state index contributed by atoms with van der Waals surface area (Å²) in [6.07, 6.45) is 1.18. The van der Waals surface area contributed by atoms with Gasteiger partial charge in [0.15, 0.2) is 0 Å². The molecular formula is C18H26N2O3. The van der Waals surface area contributed by atoms with Gasteiger partial charge in [0.25, 0.3) is 0 Å². The van der Waals surface area contributed by atoms with E-state index in [1.54, 1.807) is 0 Å². The van der Waals surface area contributed by atoms with E-state index in [2.05, 4.69) is 50.4 Å². The van der Waals surface area contributed by atoms with E-state index in [4.69, 9.17) is 10.5 Å². The summed E-state index contributed by atoms with van der Waals surface area (Å²) in [6.45, 7) is 7.22. The van der Waals surface area contributed by atoms with E-state index < -0.39 is 11.4 Å². The van der Waals surface area contributed by atoms with E-state index in [1.165, 1.54) is 5.56 Å². The van der Waals surface area contributed by atoms with Crippen LogP contribution in [0.3, 0.4) is 0 Å². The molecule has 1 heterocycles. The quantitative estimate of drug-likeness (QED) is 0.837. The number of carbonyl (C=O) groups excluding carboxylic acids is 2. The van der Waals surface area contributed by atoms with E-state index >= 15 is 0 Å². The first-order valence-electron chi connectivity index (χ1n) is 7.97. The van der Waals surface area contributed by atoms with Crippen LogP contribution in [0.25, 0.3) is 0 Å². The second-order valence-electron chi connectivity index (χ2n) is 7.41. The Labute approximate surface area is 137 Å². The second kappa shape index (κ2) is 6.71. The van der Waals surface area contributed by atoms with Crippen LogP contribution in [0.4, 0.5) is 0 Å². The van der Waals surface area contributed by atoms with Gasteiger partial charge in [-0.15, -0.1) is 0 Å². The highest BCUT2D eigenvalue weighted by molar-refractivity contribution is 5.80. The lowest BCUT2D eigenvalue weighted by molar-refractivity contribution is -0.138. The van der Waals surface area contributed by atoms with E-state index in [1.807, 2.05) is 0 Å². The summed E-state index contributed by atoms with van der Waals surface area (Å²) in [7, 11) is 0. The molecule has 0 unspecified atom stereocenters. The lowest BCUT2D eigenvalue weighted by Crippen LogP contribution is -2.63. The Hall–Kier alpha value is -1.88. The molecule has 0 spiro atoms. The Morgan fingerprint density at radius 2 is 1.83 bits per heavy atom. The van der Waals surface area contributed by atoms with Gasteiger partial charge in [-0.1, -0.05) is 45.0 Å². The van der Waals surface area contributed by atoms with Crippen molar-refractivity contribution >= 4 is 11.8 Å². The molecule has 1 aliphatic rings. The monoisotopic (exact) mass is 318 g/mol. The summed E-state index contributed by atoms with van der Waals surface area (Å²) >= 11 is 0. The van der Waals surface area contributed by atoms with Crippen molar-refractivity contribution in [2.45, 2.75) is 51.0 Å². The molecule has 1 aliphatic heterocycles. The van der Waals surface area contributed by atoms with Crippen LogP contribution in [0.5, 0.6) is 0 Å². The van der Waals surface area contributed by atoms with Gasteiger partial charge in [-0.05, 0) is 23.0 Å². The largest absolute Gasteiger partial charge is 0.376 e. The van der Waals surface area contributed by atoms with Gasteiger partial charge in [0.1, 0.15) is 0 Å². The van der Waals surface area contributed by atoms with Gasteiger partial charge in [0, 0.05) is 6.42 Å². The molecule has 126 valence electrons. The third-order valence-corrected chi connectivity index (χ3v) is 4.13. The average Bonchev–Trinajstić information content (AvgIpc) is 2.41. The normalized spacial score (nSPS) is 16.5. The van der Waals surface area contributed by atoms with Gasteiger partial charge in [0.2, 0.25) is 11.8 Å².